The summed E-state index contributed by atoms with van der Waals surface area (Å²) < 4.78 is 5.46. The zero-order valence-electron chi connectivity index (χ0n) is 11.4. The Bertz CT molecular complexity index is 527. The van der Waals surface area contributed by atoms with Gasteiger partial charge in [0.1, 0.15) is 12.3 Å². The predicted molar refractivity (Wildman–Crippen MR) is 74.1 cm³/mol. The van der Waals surface area contributed by atoms with E-state index >= 15 is 0 Å². The SMILES string of the molecule is CCOC1CC(NC(=O)c2ncccc2C#CCO)C1. The molecule has 2 N–H and O–H groups in total. The molecule has 0 atom stereocenters. The number of nitrogens with one attached hydrogen (secondary N) is 1. The highest BCUT2D eigenvalue weighted by Crippen LogP contribution is 2.23. The second-order valence-electron chi connectivity index (χ2n) is 4.58. The van der Waals surface area contributed by atoms with Gasteiger partial charge in [0.05, 0.1) is 11.7 Å². The Hall–Kier alpha value is -1.90. The number of hydrogen-bond donors (Lipinski definition) is 2. The van der Waals surface area contributed by atoms with Crippen LogP contribution >= 0.6 is 0 Å². The van der Waals surface area contributed by atoms with Crippen LogP contribution in [0.15, 0.2) is 18.3 Å². The Kier molecular flexibility index (Phi) is 5.10. The summed E-state index contributed by atoms with van der Waals surface area (Å²) in [6.45, 7) is 2.42. The van der Waals surface area contributed by atoms with Crippen LogP contribution in [0.5, 0.6) is 0 Å². The Balaban J connectivity index is 1.96. The van der Waals surface area contributed by atoms with Crippen molar-refractivity contribution in [3.8, 4) is 11.8 Å². The van der Waals surface area contributed by atoms with E-state index in [-0.39, 0.29) is 24.7 Å². The van der Waals surface area contributed by atoms with Gasteiger partial charge in [0, 0.05) is 18.8 Å². The first-order valence-corrected chi connectivity index (χ1v) is 6.71. The van der Waals surface area contributed by atoms with Crippen molar-refractivity contribution >= 4 is 5.91 Å². The van der Waals surface area contributed by atoms with Gasteiger partial charge >= 0.3 is 0 Å². The van der Waals surface area contributed by atoms with Crippen molar-refractivity contribution in [3.63, 3.8) is 0 Å². The maximum Gasteiger partial charge on any atom is 0.271 e. The molecule has 5 heteroatoms. The summed E-state index contributed by atoms with van der Waals surface area (Å²) in [5, 5.41) is 11.6. The molecule has 5 nitrogen and oxygen atoms in total. The van der Waals surface area contributed by atoms with Gasteiger partial charge in [-0.25, -0.2) is 4.98 Å². The lowest BCUT2D eigenvalue weighted by Gasteiger charge is -2.35. The molecular formula is C15H18N2O3. The number of carbonyl (C=O) groups excluding carboxylic acids is 1. The van der Waals surface area contributed by atoms with Gasteiger partial charge < -0.3 is 15.2 Å². The van der Waals surface area contributed by atoms with Crippen LogP contribution in [-0.4, -0.2) is 41.4 Å². The molecule has 0 unspecified atom stereocenters. The number of nitrogens with zero attached hydrogens (tertiary/aromatic N) is 1. The van der Waals surface area contributed by atoms with Crippen LogP contribution in [-0.2, 0) is 4.74 Å². The van der Waals surface area contributed by atoms with Gasteiger partial charge in [-0.05, 0) is 31.9 Å². The van der Waals surface area contributed by atoms with Crippen LogP contribution in [0.3, 0.4) is 0 Å². The minimum absolute atomic E-state index is 0.139. The van der Waals surface area contributed by atoms with Crippen LogP contribution in [0.25, 0.3) is 0 Å². The van der Waals surface area contributed by atoms with Gasteiger partial charge in [-0.3, -0.25) is 4.79 Å². The fourth-order valence-corrected chi connectivity index (χ4v) is 2.13. The minimum atomic E-state index is -0.241. The quantitative estimate of drug-likeness (QED) is 0.794. The standard InChI is InChI=1S/C15H18N2O3/c1-2-20-13-9-12(10-13)17-15(19)14-11(6-4-8-18)5-3-7-16-14/h3,5,7,12-13,18H,2,8-10H2,1H3,(H,17,19). The maximum absolute atomic E-state index is 12.2. The first kappa shape index (κ1) is 14.5. The molecule has 1 aliphatic rings. The highest BCUT2D eigenvalue weighted by molar-refractivity contribution is 5.95. The Morgan fingerprint density at radius 2 is 2.40 bits per heavy atom. The number of carbonyl (C=O) groups is 1. The zero-order valence-corrected chi connectivity index (χ0v) is 11.4. The van der Waals surface area contributed by atoms with E-state index < -0.39 is 0 Å². The molecule has 1 saturated carbocycles. The Labute approximate surface area is 118 Å². The second-order valence-corrected chi connectivity index (χ2v) is 4.58. The van der Waals surface area contributed by atoms with Crippen LogP contribution < -0.4 is 5.32 Å². The molecule has 106 valence electrons. The van der Waals surface area contributed by atoms with Crippen LogP contribution in [0.4, 0.5) is 0 Å². The first-order valence-electron chi connectivity index (χ1n) is 6.71. The van der Waals surface area contributed by atoms with Gasteiger partial charge in [-0.1, -0.05) is 11.8 Å². The topological polar surface area (TPSA) is 71.5 Å². The Morgan fingerprint density at radius 1 is 1.60 bits per heavy atom. The second kappa shape index (κ2) is 7.04. The molecule has 1 aromatic rings. The fraction of sp³-hybridized carbons (Fsp3) is 0.467. The number of aliphatic hydroxyl groups is 1. The molecule has 1 aromatic heterocycles. The number of aliphatic hydroxyl groups excluding tert-OH is 1. The molecule has 0 aliphatic heterocycles. The van der Waals surface area contributed by atoms with Crippen LogP contribution in [0.1, 0.15) is 35.8 Å². The largest absolute Gasteiger partial charge is 0.384 e. The van der Waals surface area contributed by atoms with Gasteiger partial charge in [0.2, 0.25) is 0 Å². The zero-order chi connectivity index (χ0) is 14.4. The summed E-state index contributed by atoms with van der Waals surface area (Å²) in [4.78, 5) is 16.2. The maximum atomic E-state index is 12.2. The van der Waals surface area contributed by atoms with Gasteiger partial charge in [-0.2, -0.15) is 0 Å². The van der Waals surface area contributed by atoms with Crippen molar-refractivity contribution in [2.75, 3.05) is 13.2 Å². The highest BCUT2D eigenvalue weighted by atomic mass is 16.5. The summed E-state index contributed by atoms with van der Waals surface area (Å²) in [5.74, 6) is 5.04. The first-order chi connectivity index (χ1) is 9.74. The van der Waals surface area contributed by atoms with Crippen molar-refractivity contribution in [1.29, 1.82) is 0 Å². The molecule has 0 bridgehead atoms. The van der Waals surface area contributed by atoms with E-state index in [4.69, 9.17) is 9.84 Å². The molecule has 0 saturated heterocycles. The molecule has 0 spiro atoms. The molecular weight excluding hydrogens is 256 g/mol. The van der Waals surface area contributed by atoms with Crippen molar-refractivity contribution in [2.24, 2.45) is 0 Å². The van der Waals surface area contributed by atoms with E-state index in [1.165, 1.54) is 0 Å². The molecule has 1 heterocycles. The molecule has 1 aliphatic carbocycles. The predicted octanol–water partition coefficient (Wildman–Crippen LogP) is 0.723. The number of rotatable bonds is 4. The third kappa shape index (κ3) is 3.56. The third-order valence-corrected chi connectivity index (χ3v) is 3.16. The normalized spacial score (nSPS) is 20.5. The molecule has 0 radical (unpaired) electrons. The molecule has 1 amide bonds. The fourth-order valence-electron chi connectivity index (χ4n) is 2.13. The molecule has 0 aromatic carbocycles. The highest BCUT2D eigenvalue weighted by Gasteiger charge is 2.31. The van der Waals surface area contributed by atoms with E-state index in [0.29, 0.717) is 17.9 Å². The average Bonchev–Trinajstić information content (AvgIpc) is 2.43. The number of hydrogen-bond acceptors (Lipinski definition) is 4. The summed E-state index contributed by atoms with van der Waals surface area (Å²) in [6, 6.07) is 3.57. The number of amides is 1. The minimum Gasteiger partial charge on any atom is -0.384 e. The summed E-state index contributed by atoms with van der Waals surface area (Å²) >= 11 is 0. The third-order valence-electron chi connectivity index (χ3n) is 3.16. The van der Waals surface area contributed by atoms with Gasteiger partial charge in [-0.15, -0.1) is 0 Å². The van der Waals surface area contributed by atoms with Crippen LogP contribution in [0, 0.1) is 11.8 Å². The average molecular weight is 274 g/mol. The van der Waals surface area contributed by atoms with Crippen molar-refractivity contribution in [1.82, 2.24) is 10.3 Å². The Morgan fingerprint density at radius 3 is 3.10 bits per heavy atom. The van der Waals surface area contributed by atoms with Gasteiger partial charge in [0.15, 0.2) is 0 Å². The van der Waals surface area contributed by atoms with E-state index in [9.17, 15) is 4.79 Å². The van der Waals surface area contributed by atoms with Gasteiger partial charge in [0.25, 0.3) is 5.91 Å². The van der Waals surface area contributed by atoms with Crippen molar-refractivity contribution in [3.05, 3.63) is 29.6 Å². The van der Waals surface area contributed by atoms with E-state index in [2.05, 4.69) is 22.1 Å². The number of pyridine rings is 1. The smallest absolute Gasteiger partial charge is 0.271 e. The molecule has 1 fully saturated rings. The summed E-state index contributed by atoms with van der Waals surface area (Å²) in [7, 11) is 0. The number of ether oxygens (including phenoxy) is 1. The van der Waals surface area contributed by atoms with Crippen molar-refractivity contribution in [2.45, 2.75) is 31.9 Å². The summed E-state index contributed by atoms with van der Waals surface area (Å²) in [5.41, 5.74) is 0.827. The lowest BCUT2D eigenvalue weighted by Crippen LogP contribution is -2.48. The van der Waals surface area contributed by atoms with E-state index in [1.54, 1.807) is 18.3 Å². The lowest BCUT2D eigenvalue weighted by atomic mass is 9.89. The molecule has 20 heavy (non-hydrogen) atoms. The van der Waals surface area contributed by atoms with Crippen LogP contribution in [0.2, 0.25) is 0 Å². The van der Waals surface area contributed by atoms with E-state index in [0.717, 1.165) is 12.8 Å². The molecule has 2 rings (SSSR count). The lowest BCUT2D eigenvalue weighted by molar-refractivity contribution is -0.00867. The van der Waals surface area contributed by atoms with Crippen molar-refractivity contribution < 1.29 is 14.6 Å². The number of aromatic nitrogens is 1. The van der Waals surface area contributed by atoms with E-state index in [1.807, 2.05) is 6.92 Å². The summed E-state index contributed by atoms with van der Waals surface area (Å²) in [6.07, 6.45) is 3.49. The monoisotopic (exact) mass is 274 g/mol.